The zero-order chi connectivity index (χ0) is 14.0. The fraction of sp³-hybridized carbons (Fsp3) is 0.917. The molecule has 0 aliphatic carbocycles. The van der Waals surface area contributed by atoms with Crippen LogP contribution in [0.3, 0.4) is 0 Å². The summed E-state index contributed by atoms with van der Waals surface area (Å²) in [6, 6.07) is 0. The Morgan fingerprint density at radius 3 is 2.44 bits per heavy atom. The lowest BCUT2D eigenvalue weighted by molar-refractivity contribution is -0.151. The SMILES string of the molecule is CC(C)C1(C(=O)N(C)CCC(F)(F)F)CCNC1. The number of alkyl halides is 3. The average molecular weight is 266 g/mol. The summed E-state index contributed by atoms with van der Waals surface area (Å²) in [6.07, 6.45) is -4.47. The Balaban J connectivity index is 2.67. The van der Waals surface area contributed by atoms with Gasteiger partial charge in [-0.1, -0.05) is 13.8 Å². The van der Waals surface area contributed by atoms with Gasteiger partial charge in [-0.25, -0.2) is 0 Å². The molecule has 1 N–H and O–H groups in total. The predicted octanol–water partition coefficient (Wildman–Crippen LogP) is 2.03. The minimum absolute atomic E-state index is 0.119. The van der Waals surface area contributed by atoms with E-state index < -0.39 is 18.0 Å². The number of rotatable bonds is 4. The van der Waals surface area contributed by atoms with Crippen molar-refractivity contribution in [3.05, 3.63) is 0 Å². The second-order valence-corrected chi connectivity index (χ2v) is 5.33. The number of carbonyl (C=O) groups excluding carboxylic acids is 1. The molecule has 1 saturated heterocycles. The van der Waals surface area contributed by atoms with Gasteiger partial charge in [0.2, 0.25) is 5.91 Å². The molecule has 1 atom stereocenters. The van der Waals surface area contributed by atoms with Crippen molar-refractivity contribution >= 4 is 5.91 Å². The molecule has 1 unspecified atom stereocenters. The third-order valence-electron chi connectivity index (χ3n) is 3.80. The monoisotopic (exact) mass is 266 g/mol. The smallest absolute Gasteiger partial charge is 0.345 e. The van der Waals surface area contributed by atoms with Crippen LogP contribution >= 0.6 is 0 Å². The molecule has 0 aromatic heterocycles. The van der Waals surface area contributed by atoms with E-state index in [1.54, 1.807) is 0 Å². The number of nitrogens with one attached hydrogen (secondary N) is 1. The first-order valence-electron chi connectivity index (χ1n) is 6.22. The molecule has 0 aromatic rings. The van der Waals surface area contributed by atoms with Crippen LogP contribution in [0.25, 0.3) is 0 Å². The summed E-state index contributed by atoms with van der Waals surface area (Å²) < 4.78 is 36.5. The Kier molecular flexibility index (Phi) is 4.64. The highest BCUT2D eigenvalue weighted by atomic mass is 19.4. The lowest BCUT2D eigenvalue weighted by atomic mass is 9.75. The summed E-state index contributed by atoms with van der Waals surface area (Å²) in [6.45, 7) is 4.93. The summed E-state index contributed by atoms with van der Waals surface area (Å²) in [5.74, 6) is -0.0555. The molecule has 106 valence electrons. The van der Waals surface area contributed by atoms with E-state index in [2.05, 4.69) is 5.32 Å². The second kappa shape index (κ2) is 5.47. The Bertz CT molecular complexity index is 296. The van der Waals surface area contributed by atoms with Crippen molar-refractivity contribution in [3.63, 3.8) is 0 Å². The van der Waals surface area contributed by atoms with Gasteiger partial charge in [-0.15, -0.1) is 0 Å². The van der Waals surface area contributed by atoms with Crippen molar-refractivity contribution in [2.75, 3.05) is 26.7 Å². The van der Waals surface area contributed by atoms with E-state index in [1.165, 1.54) is 11.9 Å². The first-order valence-corrected chi connectivity index (χ1v) is 6.22. The van der Waals surface area contributed by atoms with Crippen LogP contribution in [0.1, 0.15) is 26.7 Å². The first kappa shape index (κ1) is 15.3. The van der Waals surface area contributed by atoms with Gasteiger partial charge in [0.25, 0.3) is 0 Å². The molecule has 1 heterocycles. The molecule has 0 aromatic carbocycles. The van der Waals surface area contributed by atoms with Gasteiger partial charge in [0.05, 0.1) is 11.8 Å². The minimum Gasteiger partial charge on any atom is -0.345 e. The van der Waals surface area contributed by atoms with E-state index in [4.69, 9.17) is 0 Å². The normalized spacial score (nSPS) is 24.6. The van der Waals surface area contributed by atoms with Crippen molar-refractivity contribution in [1.29, 1.82) is 0 Å². The number of halogens is 3. The second-order valence-electron chi connectivity index (χ2n) is 5.33. The van der Waals surface area contributed by atoms with E-state index in [9.17, 15) is 18.0 Å². The highest BCUT2D eigenvalue weighted by molar-refractivity contribution is 5.83. The molecule has 18 heavy (non-hydrogen) atoms. The Morgan fingerprint density at radius 1 is 1.44 bits per heavy atom. The average Bonchev–Trinajstić information content (AvgIpc) is 2.74. The Hall–Kier alpha value is -0.780. The molecule has 1 fully saturated rings. The van der Waals surface area contributed by atoms with Gasteiger partial charge >= 0.3 is 6.18 Å². The van der Waals surface area contributed by atoms with Crippen molar-refractivity contribution in [3.8, 4) is 0 Å². The van der Waals surface area contributed by atoms with Crippen LogP contribution in [0.15, 0.2) is 0 Å². The fourth-order valence-corrected chi connectivity index (χ4v) is 2.41. The zero-order valence-corrected chi connectivity index (χ0v) is 11.1. The van der Waals surface area contributed by atoms with E-state index in [0.717, 1.165) is 6.54 Å². The van der Waals surface area contributed by atoms with Crippen LogP contribution in [0.4, 0.5) is 13.2 Å². The molecule has 1 aliphatic rings. The summed E-state index contributed by atoms with van der Waals surface area (Å²) in [4.78, 5) is 13.6. The van der Waals surface area contributed by atoms with Gasteiger partial charge in [-0.05, 0) is 18.9 Å². The number of hydrogen-bond acceptors (Lipinski definition) is 2. The summed E-state index contributed by atoms with van der Waals surface area (Å²) in [5.41, 5.74) is -0.541. The van der Waals surface area contributed by atoms with E-state index in [-0.39, 0.29) is 18.4 Å². The zero-order valence-electron chi connectivity index (χ0n) is 11.1. The fourth-order valence-electron chi connectivity index (χ4n) is 2.41. The minimum atomic E-state index is -4.21. The third-order valence-corrected chi connectivity index (χ3v) is 3.80. The topological polar surface area (TPSA) is 32.3 Å². The molecule has 1 rings (SSSR count). The summed E-state index contributed by atoms with van der Waals surface area (Å²) in [7, 11) is 1.45. The van der Waals surface area contributed by atoms with Crippen molar-refractivity contribution < 1.29 is 18.0 Å². The number of amides is 1. The molecule has 1 amide bonds. The number of hydrogen-bond donors (Lipinski definition) is 1. The molecule has 0 radical (unpaired) electrons. The summed E-state index contributed by atoms with van der Waals surface area (Å²) in [5, 5.41) is 3.13. The highest BCUT2D eigenvalue weighted by Crippen LogP contribution is 2.36. The van der Waals surface area contributed by atoms with Crippen molar-refractivity contribution in [2.45, 2.75) is 32.9 Å². The molecular formula is C12H21F3N2O. The molecule has 0 bridgehead atoms. The van der Waals surface area contributed by atoms with E-state index in [1.807, 2.05) is 13.8 Å². The van der Waals surface area contributed by atoms with Crippen LogP contribution < -0.4 is 5.32 Å². The molecule has 3 nitrogen and oxygen atoms in total. The summed E-state index contributed by atoms with van der Waals surface area (Å²) >= 11 is 0. The third kappa shape index (κ3) is 3.37. The number of carbonyl (C=O) groups is 1. The predicted molar refractivity (Wildman–Crippen MR) is 63.1 cm³/mol. The van der Waals surface area contributed by atoms with Gasteiger partial charge < -0.3 is 10.2 Å². The highest BCUT2D eigenvalue weighted by Gasteiger charge is 2.45. The molecule has 1 aliphatic heterocycles. The maximum Gasteiger partial charge on any atom is 0.390 e. The molecule has 0 saturated carbocycles. The van der Waals surface area contributed by atoms with E-state index >= 15 is 0 Å². The van der Waals surface area contributed by atoms with Crippen molar-refractivity contribution in [2.24, 2.45) is 11.3 Å². The molecular weight excluding hydrogens is 245 g/mol. The van der Waals surface area contributed by atoms with Crippen LogP contribution in [-0.2, 0) is 4.79 Å². The van der Waals surface area contributed by atoms with Crippen LogP contribution in [-0.4, -0.2) is 43.7 Å². The lowest BCUT2D eigenvalue weighted by Crippen LogP contribution is -2.47. The Labute approximate surface area is 106 Å². The van der Waals surface area contributed by atoms with Gasteiger partial charge in [-0.3, -0.25) is 4.79 Å². The Morgan fingerprint density at radius 2 is 2.06 bits per heavy atom. The van der Waals surface area contributed by atoms with Crippen LogP contribution in [0.5, 0.6) is 0 Å². The van der Waals surface area contributed by atoms with Gasteiger partial charge in [0.15, 0.2) is 0 Å². The number of nitrogens with zero attached hydrogens (tertiary/aromatic N) is 1. The first-order chi connectivity index (χ1) is 8.19. The standard InChI is InChI=1S/C12H21F3N2O/c1-9(2)11(4-6-16-8-11)10(18)17(3)7-5-12(13,14)15/h9,16H,4-8H2,1-3H3. The van der Waals surface area contributed by atoms with Gasteiger partial charge in [0, 0.05) is 20.1 Å². The van der Waals surface area contributed by atoms with Crippen LogP contribution in [0.2, 0.25) is 0 Å². The van der Waals surface area contributed by atoms with Crippen LogP contribution in [0, 0.1) is 11.3 Å². The van der Waals surface area contributed by atoms with Crippen molar-refractivity contribution in [1.82, 2.24) is 10.2 Å². The van der Waals surface area contributed by atoms with E-state index in [0.29, 0.717) is 13.0 Å². The lowest BCUT2D eigenvalue weighted by Gasteiger charge is -2.35. The maximum absolute atomic E-state index is 12.3. The molecule has 6 heteroatoms. The van der Waals surface area contributed by atoms with Gasteiger partial charge in [-0.2, -0.15) is 13.2 Å². The molecule has 0 spiro atoms. The maximum atomic E-state index is 12.3. The largest absolute Gasteiger partial charge is 0.390 e. The van der Waals surface area contributed by atoms with Gasteiger partial charge in [0.1, 0.15) is 0 Å². The quantitative estimate of drug-likeness (QED) is 0.844.